The third-order valence-electron chi connectivity index (χ3n) is 4.84. The fourth-order valence-electron chi connectivity index (χ4n) is 3.36. The van der Waals surface area contributed by atoms with Crippen LogP contribution >= 0.6 is 0 Å². The minimum absolute atomic E-state index is 0.00240. The summed E-state index contributed by atoms with van der Waals surface area (Å²) in [6, 6.07) is 25.5. The molecule has 0 aromatic heterocycles. The van der Waals surface area contributed by atoms with Gasteiger partial charge in [0, 0.05) is 29.5 Å². The highest BCUT2D eigenvalue weighted by molar-refractivity contribution is 6.17. The van der Waals surface area contributed by atoms with Gasteiger partial charge in [0.1, 0.15) is 6.10 Å². The molecule has 0 saturated heterocycles. The Balaban J connectivity index is 1.53. The largest absolute Gasteiger partial charge is 0.391 e. The summed E-state index contributed by atoms with van der Waals surface area (Å²) in [6.45, 7) is 2.08. The van der Waals surface area contributed by atoms with Crippen molar-refractivity contribution in [1.29, 1.82) is 0 Å². The number of benzene rings is 3. The Morgan fingerprint density at radius 1 is 0.963 bits per heavy atom. The van der Waals surface area contributed by atoms with Gasteiger partial charge < -0.3 is 4.84 Å². The molecule has 0 aliphatic carbocycles. The molecule has 0 N–H and O–H groups in total. The first-order chi connectivity index (χ1) is 13.2. The van der Waals surface area contributed by atoms with Crippen molar-refractivity contribution in [3.05, 3.63) is 107 Å². The van der Waals surface area contributed by atoms with Crippen molar-refractivity contribution in [3.63, 3.8) is 0 Å². The summed E-state index contributed by atoms with van der Waals surface area (Å²) in [5, 5.41) is 4.30. The normalized spacial score (nSPS) is 15.9. The Morgan fingerprint density at radius 2 is 1.67 bits per heavy atom. The van der Waals surface area contributed by atoms with Crippen LogP contribution in [-0.2, 0) is 11.3 Å². The summed E-state index contributed by atoms with van der Waals surface area (Å²) in [4.78, 5) is 18.6. The molecular weight excluding hydrogens is 334 g/mol. The van der Waals surface area contributed by atoms with Gasteiger partial charge in [-0.05, 0) is 12.5 Å². The van der Waals surface area contributed by atoms with Crippen LogP contribution in [0.2, 0.25) is 0 Å². The van der Waals surface area contributed by atoms with Crippen molar-refractivity contribution in [2.45, 2.75) is 25.9 Å². The van der Waals surface area contributed by atoms with Crippen LogP contribution in [-0.4, -0.2) is 17.6 Å². The molecule has 0 fully saturated rings. The van der Waals surface area contributed by atoms with E-state index in [9.17, 15) is 4.79 Å². The lowest BCUT2D eigenvalue weighted by Gasteiger charge is -2.10. The van der Waals surface area contributed by atoms with E-state index in [1.54, 1.807) is 0 Å². The predicted octanol–water partition coefficient (Wildman–Crippen LogP) is 4.96. The zero-order valence-corrected chi connectivity index (χ0v) is 15.3. The minimum atomic E-state index is 0.00240. The number of hydrogen-bond donors (Lipinski definition) is 0. The van der Waals surface area contributed by atoms with Gasteiger partial charge in [0.2, 0.25) is 0 Å². The number of rotatable bonds is 5. The second-order valence-corrected chi connectivity index (χ2v) is 6.90. The number of aryl methyl sites for hydroxylation is 1. The predicted molar refractivity (Wildman–Crippen MR) is 107 cm³/mol. The van der Waals surface area contributed by atoms with Gasteiger partial charge in [-0.1, -0.05) is 89.6 Å². The maximum atomic E-state index is 12.9. The van der Waals surface area contributed by atoms with Crippen LogP contribution < -0.4 is 0 Å². The highest BCUT2D eigenvalue weighted by Gasteiger charge is 2.25. The molecule has 1 aliphatic rings. The van der Waals surface area contributed by atoms with Gasteiger partial charge in [-0.15, -0.1) is 0 Å². The van der Waals surface area contributed by atoms with Crippen molar-refractivity contribution in [1.82, 2.24) is 0 Å². The number of nitrogens with zero attached hydrogens (tertiary/aromatic N) is 1. The number of ketones is 1. The first-order valence-electron chi connectivity index (χ1n) is 9.18. The number of hydrogen-bond acceptors (Lipinski definition) is 3. The fourth-order valence-corrected chi connectivity index (χ4v) is 3.36. The molecule has 1 aliphatic heterocycles. The van der Waals surface area contributed by atoms with Crippen LogP contribution in [0.4, 0.5) is 0 Å². The molecule has 3 heteroatoms. The number of carbonyl (C=O) groups excluding carboxylic acids is 1. The van der Waals surface area contributed by atoms with Crippen LogP contribution in [0.25, 0.3) is 0 Å². The second-order valence-electron chi connectivity index (χ2n) is 6.90. The molecule has 0 amide bonds. The van der Waals surface area contributed by atoms with Gasteiger partial charge in [0.05, 0.1) is 5.71 Å². The van der Waals surface area contributed by atoms with Crippen molar-refractivity contribution in [2.24, 2.45) is 5.16 Å². The van der Waals surface area contributed by atoms with Crippen molar-refractivity contribution < 1.29 is 9.63 Å². The van der Waals surface area contributed by atoms with E-state index in [2.05, 4.69) is 36.3 Å². The average molecular weight is 355 g/mol. The molecule has 0 spiro atoms. The highest BCUT2D eigenvalue weighted by Crippen LogP contribution is 2.24. The van der Waals surface area contributed by atoms with E-state index in [0.29, 0.717) is 17.5 Å². The Hall–Kier alpha value is -3.20. The lowest BCUT2D eigenvalue weighted by atomic mass is 9.93. The minimum Gasteiger partial charge on any atom is -0.391 e. The van der Waals surface area contributed by atoms with Crippen molar-refractivity contribution in [2.75, 3.05) is 0 Å². The molecule has 4 rings (SSSR count). The highest BCUT2D eigenvalue weighted by atomic mass is 16.6. The molecule has 3 aromatic carbocycles. The molecule has 1 heterocycles. The molecule has 134 valence electrons. The molecule has 0 radical (unpaired) electrons. The quantitative estimate of drug-likeness (QED) is 0.607. The lowest BCUT2D eigenvalue weighted by Crippen LogP contribution is -2.14. The molecule has 1 atom stereocenters. The first-order valence-corrected chi connectivity index (χ1v) is 9.18. The van der Waals surface area contributed by atoms with Crippen LogP contribution in [0.1, 0.15) is 39.0 Å². The number of oxime groups is 1. The van der Waals surface area contributed by atoms with E-state index in [0.717, 1.165) is 17.7 Å². The van der Waals surface area contributed by atoms with Crippen LogP contribution in [0, 0.1) is 6.92 Å². The van der Waals surface area contributed by atoms with E-state index >= 15 is 0 Å². The third-order valence-corrected chi connectivity index (χ3v) is 4.84. The molecule has 3 aromatic rings. The standard InChI is InChI=1S/C24H21NO2/c1-17-11-13-18(14-12-17)15-20-16-23(25-27-20)21-9-5-6-10-22(21)24(26)19-7-3-2-4-8-19/h2-14,20H,15-16H2,1H3. The Morgan fingerprint density at radius 3 is 2.44 bits per heavy atom. The fraction of sp³-hybridized carbons (Fsp3) is 0.167. The maximum Gasteiger partial charge on any atom is 0.193 e. The Labute approximate surface area is 159 Å². The molecule has 27 heavy (non-hydrogen) atoms. The molecular formula is C24H21NO2. The average Bonchev–Trinajstić information content (AvgIpc) is 3.18. The van der Waals surface area contributed by atoms with Gasteiger partial charge in [0.25, 0.3) is 0 Å². The first kappa shape index (κ1) is 17.2. The molecule has 0 bridgehead atoms. The summed E-state index contributed by atoms with van der Waals surface area (Å²) in [5.74, 6) is 0.0101. The van der Waals surface area contributed by atoms with Gasteiger partial charge in [-0.2, -0.15) is 0 Å². The van der Waals surface area contributed by atoms with Crippen LogP contribution in [0.15, 0.2) is 84.0 Å². The number of carbonyl (C=O) groups is 1. The van der Waals surface area contributed by atoms with Crippen LogP contribution in [0.5, 0.6) is 0 Å². The van der Waals surface area contributed by atoms with Gasteiger partial charge in [-0.3, -0.25) is 4.79 Å². The second kappa shape index (κ2) is 7.58. The SMILES string of the molecule is Cc1ccc(CC2CC(c3ccccc3C(=O)c3ccccc3)=NO2)cc1. The maximum absolute atomic E-state index is 12.9. The summed E-state index contributed by atoms with van der Waals surface area (Å²) in [6.07, 6.45) is 1.51. The lowest BCUT2D eigenvalue weighted by molar-refractivity contribution is 0.0859. The molecule has 1 unspecified atom stereocenters. The van der Waals surface area contributed by atoms with E-state index < -0.39 is 0 Å². The van der Waals surface area contributed by atoms with Gasteiger partial charge >= 0.3 is 0 Å². The zero-order chi connectivity index (χ0) is 18.6. The van der Waals surface area contributed by atoms with Gasteiger partial charge in [0.15, 0.2) is 5.78 Å². The van der Waals surface area contributed by atoms with E-state index in [4.69, 9.17) is 4.84 Å². The molecule has 0 saturated carbocycles. The third kappa shape index (κ3) is 3.82. The summed E-state index contributed by atoms with van der Waals surface area (Å²) in [7, 11) is 0. The summed E-state index contributed by atoms with van der Waals surface area (Å²) >= 11 is 0. The Kier molecular flexibility index (Phi) is 4.84. The van der Waals surface area contributed by atoms with Crippen molar-refractivity contribution >= 4 is 11.5 Å². The summed E-state index contributed by atoms with van der Waals surface area (Å²) in [5.41, 5.74) is 5.53. The van der Waals surface area contributed by atoms with E-state index in [-0.39, 0.29) is 11.9 Å². The summed E-state index contributed by atoms with van der Waals surface area (Å²) < 4.78 is 0. The smallest absolute Gasteiger partial charge is 0.193 e. The Bertz CT molecular complexity index is 975. The van der Waals surface area contributed by atoms with E-state index in [1.807, 2.05) is 54.6 Å². The topological polar surface area (TPSA) is 38.7 Å². The monoisotopic (exact) mass is 355 g/mol. The van der Waals surface area contributed by atoms with E-state index in [1.165, 1.54) is 11.1 Å². The molecule has 3 nitrogen and oxygen atoms in total. The zero-order valence-electron chi connectivity index (χ0n) is 15.3. The van der Waals surface area contributed by atoms with Crippen molar-refractivity contribution in [3.8, 4) is 0 Å². The van der Waals surface area contributed by atoms with Gasteiger partial charge in [-0.25, -0.2) is 0 Å². The van der Waals surface area contributed by atoms with Crippen LogP contribution in [0.3, 0.4) is 0 Å².